The molecule has 0 atom stereocenters. The molecule has 2 rings (SSSR count). The van der Waals surface area contributed by atoms with E-state index in [1.807, 2.05) is 30.3 Å². The number of hydrogen-bond donors (Lipinski definition) is 2. The quantitative estimate of drug-likeness (QED) is 0.784. The lowest BCUT2D eigenvalue weighted by Gasteiger charge is -2.41. The van der Waals surface area contributed by atoms with Gasteiger partial charge in [0.25, 0.3) is 0 Å². The predicted octanol–water partition coefficient (Wildman–Crippen LogP) is 2.29. The molecule has 102 valence electrons. The number of hydrogen-bond acceptors (Lipinski definition) is 3. The Morgan fingerprint density at radius 3 is 2.47 bits per heavy atom. The van der Waals surface area contributed by atoms with Gasteiger partial charge in [-0.25, -0.2) is 0 Å². The number of carbonyl (C=O) groups is 2. The molecule has 4 nitrogen and oxygen atoms in total. The number of nitrogens with one attached hydrogen (secondary N) is 1. The van der Waals surface area contributed by atoms with E-state index >= 15 is 0 Å². The molecule has 1 saturated carbocycles. The lowest BCUT2D eigenvalue weighted by molar-refractivity contribution is -0.140. The molecule has 1 aromatic rings. The third-order valence-electron chi connectivity index (χ3n) is 3.32. The first kappa shape index (κ1) is 13.9. The van der Waals surface area contributed by atoms with E-state index in [4.69, 9.17) is 5.11 Å². The number of benzene rings is 1. The molecule has 0 saturated heterocycles. The Hall–Kier alpha value is -1.49. The summed E-state index contributed by atoms with van der Waals surface area (Å²) >= 11 is 1.46. The number of aliphatic carboxylic acids is 1. The van der Waals surface area contributed by atoms with Gasteiger partial charge < -0.3 is 10.4 Å². The van der Waals surface area contributed by atoms with Gasteiger partial charge in [0.1, 0.15) is 0 Å². The van der Waals surface area contributed by atoms with E-state index in [1.165, 1.54) is 11.8 Å². The average molecular weight is 279 g/mol. The van der Waals surface area contributed by atoms with Gasteiger partial charge in [-0.3, -0.25) is 9.59 Å². The number of thioether (sulfide) groups is 1. The molecule has 0 heterocycles. The normalized spacial score (nSPS) is 16.4. The van der Waals surface area contributed by atoms with Gasteiger partial charge in [-0.05, 0) is 31.4 Å². The van der Waals surface area contributed by atoms with Crippen molar-refractivity contribution in [2.75, 3.05) is 5.75 Å². The molecule has 0 bridgehead atoms. The molecule has 1 aliphatic rings. The highest BCUT2D eigenvalue weighted by molar-refractivity contribution is 8.00. The van der Waals surface area contributed by atoms with Crippen LogP contribution in [0.25, 0.3) is 0 Å². The van der Waals surface area contributed by atoms with Crippen LogP contribution in [0, 0.1) is 0 Å². The molecule has 1 aliphatic carbocycles. The second-order valence-corrected chi connectivity index (χ2v) is 5.90. The first-order chi connectivity index (χ1) is 9.10. The molecule has 5 heteroatoms. The fraction of sp³-hybridized carbons (Fsp3) is 0.429. The standard InChI is InChI=1S/C14H17NO3S/c16-12(10-19-11-5-2-1-3-6-11)15-14(7-4-8-14)9-13(17)18/h1-3,5-6H,4,7-10H2,(H,15,16)(H,17,18). The van der Waals surface area contributed by atoms with Crippen LogP contribution in [0.15, 0.2) is 35.2 Å². The van der Waals surface area contributed by atoms with E-state index in [-0.39, 0.29) is 12.3 Å². The molecule has 0 radical (unpaired) electrons. The smallest absolute Gasteiger partial charge is 0.305 e. The molecule has 1 aromatic carbocycles. The van der Waals surface area contributed by atoms with Crippen LogP contribution in [0.5, 0.6) is 0 Å². The summed E-state index contributed by atoms with van der Waals surface area (Å²) in [6.45, 7) is 0. The largest absolute Gasteiger partial charge is 0.481 e. The predicted molar refractivity (Wildman–Crippen MR) is 74.1 cm³/mol. The maximum absolute atomic E-state index is 11.9. The number of carbonyl (C=O) groups excluding carboxylic acids is 1. The van der Waals surface area contributed by atoms with Crippen molar-refractivity contribution < 1.29 is 14.7 Å². The van der Waals surface area contributed by atoms with Gasteiger partial charge in [-0.15, -0.1) is 11.8 Å². The fourth-order valence-corrected chi connectivity index (χ4v) is 2.96. The summed E-state index contributed by atoms with van der Waals surface area (Å²) in [6, 6.07) is 9.69. The van der Waals surface area contributed by atoms with Gasteiger partial charge in [-0.1, -0.05) is 18.2 Å². The molecular weight excluding hydrogens is 262 g/mol. The zero-order valence-electron chi connectivity index (χ0n) is 10.6. The maximum Gasteiger partial charge on any atom is 0.305 e. The van der Waals surface area contributed by atoms with Crippen molar-refractivity contribution in [2.24, 2.45) is 0 Å². The average Bonchev–Trinajstić information content (AvgIpc) is 2.34. The molecule has 1 amide bonds. The summed E-state index contributed by atoms with van der Waals surface area (Å²) in [6.07, 6.45) is 2.54. The van der Waals surface area contributed by atoms with Gasteiger partial charge in [0.05, 0.1) is 17.7 Å². The topological polar surface area (TPSA) is 66.4 Å². The Labute approximate surface area is 116 Å². The number of amides is 1. The third kappa shape index (κ3) is 3.99. The minimum atomic E-state index is -0.851. The van der Waals surface area contributed by atoms with E-state index in [0.717, 1.165) is 24.2 Å². The van der Waals surface area contributed by atoms with Gasteiger partial charge in [0, 0.05) is 4.90 Å². The summed E-state index contributed by atoms with van der Waals surface area (Å²) in [4.78, 5) is 23.7. The summed E-state index contributed by atoms with van der Waals surface area (Å²) in [5.74, 6) is -0.615. The molecule has 1 fully saturated rings. The monoisotopic (exact) mass is 279 g/mol. The van der Waals surface area contributed by atoms with Crippen LogP contribution in [0.4, 0.5) is 0 Å². The fourth-order valence-electron chi connectivity index (χ4n) is 2.24. The second-order valence-electron chi connectivity index (χ2n) is 4.85. The van der Waals surface area contributed by atoms with Crippen molar-refractivity contribution >= 4 is 23.6 Å². The van der Waals surface area contributed by atoms with Gasteiger partial charge in [0.15, 0.2) is 0 Å². The second kappa shape index (κ2) is 6.10. The van der Waals surface area contributed by atoms with Crippen LogP contribution < -0.4 is 5.32 Å². The number of carboxylic acid groups (broad SMARTS) is 1. The van der Waals surface area contributed by atoms with E-state index in [9.17, 15) is 9.59 Å². The maximum atomic E-state index is 11.9. The Kier molecular flexibility index (Phi) is 4.47. The van der Waals surface area contributed by atoms with Crippen molar-refractivity contribution in [2.45, 2.75) is 36.1 Å². The Balaban J connectivity index is 1.82. The van der Waals surface area contributed by atoms with Crippen LogP contribution in [-0.4, -0.2) is 28.3 Å². The van der Waals surface area contributed by atoms with E-state index in [1.54, 1.807) is 0 Å². The highest BCUT2D eigenvalue weighted by Crippen LogP contribution is 2.35. The molecule has 0 unspecified atom stereocenters. The summed E-state index contributed by atoms with van der Waals surface area (Å²) in [5.41, 5.74) is -0.500. The van der Waals surface area contributed by atoms with Crippen LogP contribution in [0.3, 0.4) is 0 Å². The zero-order valence-corrected chi connectivity index (χ0v) is 11.4. The van der Waals surface area contributed by atoms with Crippen molar-refractivity contribution in [1.82, 2.24) is 5.32 Å². The molecule has 0 spiro atoms. The van der Waals surface area contributed by atoms with Crippen LogP contribution in [0.2, 0.25) is 0 Å². The first-order valence-electron chi connectivity index (χ1n) is 6.30. The lowest BCUT2D eigenvalue weighted by Crippen LogP contribution is -2.55. The number of rotatable bonds is 6. The SMILES string of the molecule is O=C(O)CC1(NC(=O)CSc2ccccc2)CCC1. The molecule has 2 N–H and O–H groups in total. The molecule has 19 heavy (non-hydrogen) atoms. The van der Waals surface area contributed by atoms with Crippen LogP contribution >= 0.6 is 11.8 Å². The van der Waals surface area contributed by atoms with Gasteiger partial charge in [0.2, 0.25) is 5.91 Å². The van der Waals surface area contributed by atoms with Gasteiger partial charge >= 0.3 is 5.97 Å². The molecule has 0 aromatic heterocycles. The summed E-state index contributed by atoms with van der Waals surface area (Å²) < 4.78 is 0. The van der Waals surface area contributed by atoms with Crippen molar-refractivity contribution in [3.8, 4) is 0 Å². The summed E-state index contributed by atoms with van der Waals surface area (Å²) in [7, 11) is 0. The number of carboxylic acids is 1. The zero-order chi connectivity index (χ0) is 13.7. The Bertz CT molecular complexity index is 457. The molecular formula is C14H17NO3S. The lowest BCUT2D eigenvalue weighted by atomic mass is 9.74. The van der Waals surface area contributed by atoms with Crippen molar-refractivity contribution in [1.29, 1.82) is 0 Å². The van der Waals surface area contributed by atoms with Crippen molar-refractivity contribution in [3.05, 3.63) is 30.3 Å². The third-order valence-corrected chi connectivity index (χ3v) is 4.33. The van der Waals surface area contributed by atoms with E-state index in [2.05, 4.69) is 5.32 Å². The highest BCUT2D eigenvalue weighted by Gasteiger charge is 2.40. The van der Waals surface area contributed by atoms with E-state index < -0.39 is 11.5 Å². The van der Waals surface area contributed by atoms with Gasteiger partial charge in [-0.2, -0.15) is 0 Å². The van der Waals surface area contributed by atoms with Crippen LogP contribution in [-0.2, 0) is 9.59 Å². The first-order valence-corrected chi connectivity index (χ1v) is 7.29. The van der Waals surface area contributed by atoms with Crippen LogP contribution in [0.1, 0.15) is 25.7 Å². The Morgan fingerprint density at radius 2 is 1.95 bits per heavy atom. The minimum absolute atomic E-state index is 0.0226. The molecule has 0 aliphatic heterocycles. The van der Waals surface area contributed by atoms with Crippen molar-refractivity contribution in [3.63, 3.8) is 0 Å². The summed E-state index contributed by atoms with van der Waals surface area (Å²) in [5, 5.41) is 11.8. The Morgan fingerprint density at radius 1 is 1.26 bits per heavy atom. The van der Waals surface area contributed by atoms with E-state index in [0.29, 0.717) is 5.75 Å². The highest BCUT2D eigenvalue weighted by atomic mass is 32.2. The minimum Gasteiger partial charge on any atom is -0.481 e.